The van der Waals surface area contributed by atoms with Crippen molar-refractivity contribution < 1.29 is 25.2 Å². The molecule has 5 nitrogen and oxygen atoms in total. The maximum Gasteiger partial charge on any atom is 0.328 e. The molecule has 0 aliphatic carbocycles. The Balaban J connectivity index is 0.000000217. The second-order valence-corrected chi connectivity index (χ2v) is 3.72. The first-order chi connectivity index (χ1) is 9.50. The van der Waals surface area contributed by atoms with E-state index in [1.165, 1.54) is 24.3 Å². The van der Waals surface area contributed by atoms with E-state index in [9.17, 15) is 9.90 Å². The number of carboxylic acids is 1. The number of carbonyl (C=O) groups is 1. The third-order valence-electron chi connectivity index (χ3n) is 2.22. The Morgan fingerprint density at radius 3 is 1.65 bits per heavy atom. The predicted molar refractivity (Wildman–Crippen MR) is 74.5 cm³/mol. The lowest BCUT2D eigenvalue weighted by atomic mass is 10.2. The Kier molecular flexibility index (Phi) is 5.65. The highest BCUT2D eigenvalue weighted by Crippen LogP contribution is 2.21. The summed E-state index contributed by atoms with van der Waals surface area (Å²) in [6.07, 6.45) is 2.33. The second-order valence-electron chi connectivity index (χ2n) is 3.72. The molecule has 0 unspecified atom stereocenters. The van der Waals surface area contributed by atoms with Crippen LogP contribution >= 0.6 is 0 Å². The minimum atomic E-state index is -1.03. The van der Waals surface area contributed by atoms with E-state index in [1.807, 2.05) is 0 Å². The van der Waals surface area contributed by atoms with E-state index in [-0.39, 0.29) is 17.2 Å². The molecule has 2 aromatic rings. The lowest BCUT2D eigenvalue weighted by molar-refractivity contribution is -0.131. The summed E-state index contributed by atoms with van der Waals surface area (Å²) >= 11 is 0. The van der Waals surface area contributed by atoms with Crippen LogP contribution in [0.15, 0.2) is 54.6 Å². The highest BCUT2D eigenvalue weighted by Gasteiger charge is 1.94. The highest BCUT2D eigenvalue weighted by molar-refractivity contribution is 5.85. The summed E-state index contributed by atoms with van der Waals surface area (Å²) in [5, 5.41) is 34.8. The van der Waals surface area contributed by atoms with Crippen LogP contribution in [0.2, 0.25) is 0 Å². The average Bonchev–Trinajstić information content (AvgIpc) is 2.42. The molecule has 0 aromatic heterocycles. The van der Waals surface area contributed by atoms with Crippen molar-refractivity contribution in [2.24, 2.45) is 0 Å². The number of hydrogen-bond acceptors (Lipinski definition) is 4. The van der Waals surface area contributed by atoms with Crippen molar-refractivity contribution in [2.75, 3.05) is 0 Å². The first-order valence-corrected chi connectivity index (χ1v) is 5.66. The van der Waals surface area contributed by atoms with Gasteiger partial charge in [-0.25, -0.2) is 4.79 Å². The minimum absolute atomic E-state index is 0.0764. The Morgan fingerprint density at radius 1 is 0.800 bits per heavy atom. The quantitative estimate of drug-likeness (QED) is 0.498. The molecular weight excluding hydrogens is 260 g/mol. The molecule has 0 amide bonds. The normalized spacial score (nSPS) is 9.80. The Morgan fingerprint density at radius 2 is 1.25 bits per heavy atom. The fourth-order valence-electron chi connectivity index (χ4n) is 1.25. The molecule has 2 rings (SSSR count). The Hall–Kier alpha value is -2.95. The molecule has 0 fully saturated rings. The van der Waals surface area contributed by atoms with Gasteiger partial charge in [0.15, 0.2) is 11.5 Å². The third kappa shape index (κ3) is 5.14. The number of para-hydroxylation sites is 3. The molecule has 0 atom stereocenters. The molecule has 0 saturated heterocycles. The van der Waals surface area contributed by atoms with Crippen LogP contribution in [0, 0.1) is 0 Å². The molecule has 104 valence electrons. The van der Waals surface area contributed by atoms with Gasteiger partial charge in [0.25, 0.3) is 0 Å². The molecule has 0 aliphatic heterocycles. The average molecular weight is 274 g/mol. The number of aromatic hydroxyl groups is 3. The third-order valence-corrected chi connectivity index (χ3v) is 2.22. The van der Waals surface area contributed by atoms with Crippen LogP contribution in [0.3, 0.4) is 0 Å². The van der Waals surface area contributed by atoms with Crippen LogP contribution in [0.4, 0.5) is 0 Å². The molecule has 5 heteroatoms. The van der Waals surface area contributed by atoms with Gasteiger partial charge in [-0.15, -0.1) is 0 Å². The zero-order chi connectivity index (χ0) is 15.0. The SMILES string of the molecule is O=C(O)/C=C/c1ccccc1O.Oc1ccccc1O. The minimum Gasteiger partial charge on any atom is -0.507 e. The molecule has 0 radical (unpaired) electrons. The van der Waals surface area contributed by atoms with Crippen molar-refractivity contribution in [1.82, 2.24) is 0 Å². The largest absolute Gasteiger partial charge is 0.507 e. The summed E-state index contributed by atoms with van der Waals surface area (Å²) in [7, 11) is 0. The van der Waals surface area contributed by atoms with Gasteiger partial charge in [0.05, 0.1) is 0 Å². The van der Waals surface area contributed by atoms with Gasteiger partial charge in [0.2, 0.25) is 0 Å². The fourth-order valence-corrected chi connectivity index (χ4v) is 1.25. The van der Waals surface area contributed by atoms with Crippen molar-refractivity contribution >= 4 is 12.0 Å². The molecule has 0 heterocycles. The molecule has 20 heavy (non-hydrogen) atoms. The van der Waals surface area contributed by atoms with Crippen molar-refractivity contribution in [3.8, 4) is 17.2 Å². The second kappa shape index (κ2) is 7.48. The van der Waals surface area contributed by atoms with Gasteiger partial charge in [-0.05, 0) is 24.3 Å². The van der Waals surface area contributed by atoms with Gasteiger partial charge in [-0.3, -0.25) is 0 Å². The number of carboxylic acid groups (broad SMARTS) is 1. The molecular formula is C15H14O5. The zero-order valence-corrected chi connectivity index (χ0v) is 10.5. The van der Waals surface area contributed by atoms with E-state index >= 15 is 0 Å². The van der Waals surface area contributed by atoms with Crippen molar-refractivity contribution in [2.45, 2.75) is 0 Å². The number of rotatable bonds is 2. The molecule has 0 saturated carbocycles. The van der Waals surface area contributed by atoms with Gasteiger partial charge in [-0.2, -0.15) is 0 Å². The van der Waals surface area contributed by atoms with E-state index in [0.717, 1.165) is 6.08 Å². The van der Waals surface area contributed by atoms with E-state index in [0.29, 0.717) is 5.56 Å². The molecule has 4 N–H and O–H groups in total. The predicted octanol–water partition coefficient (Wildman–Crippen LogP) is 2.59. The monoisotopic (exact) mass is 274 g/mol. The smallest absolute Gasteiger partial charge is 0.328 e. The van der Waals surface area contributed by atoms with Crippen molar-refractivity contribution in [3.05, 3.63) is 60.2 Å². The summed E-state index contributed by atoms with van der Waals surface area (Å²) in [4.78, 5) is 10.1. The first-order valence-electron chi connectivity index (χ1n) is 5.66. The summed E-state index contributed by atoms with van der Waals surface area (Å²) in [6.45, 7) is 0. The lowest BCUT2D eigenvalue weighted by Gasteiger charge is -1.95. The lowest BCUT2D eigenvalue weighted by Crippen LogP contribution is -1.85. The Bertz CT molecular complexity index is 584. The van der Waals surface area contributed by atoms with Crippen LogP contribution in [-0.4, -0.2) is 26.4 Å². The van der Waals surface area contributed by atoms with E-state index in [4.69, 9.17) is 15.3 Å². The summed E-state index contributed by atoms with van der Waals surface area (Å²) in [5.74, 6) is -1.10. The standard InChI is InChI=1S/C9H8O3.C6H6O2/c10-8-4-2-1-3-7(8)5-6-9(11)12;7-5-3-1-2-4-6(5)8/h1-6,10H,(H,11,12);1-4,7-8H/b6-5+;. The summed E-state index contributed by atoms with van der Waals surface area (Å²) in [6, 6.07) is 12.7. The topological polar surface area (TPSA) is 98.0 Å². The molecule has 0 bridgehead atoms. The zero-order valence-electron chi connectivity index (χ0n) is 10.5. The van der Waals surface area contributed by atoms with Crippen LogP contribution in [0.5, 0.6) is 17.2 Å². The Labute approximate surface area is 115 Å². The number of benzene rings is 2. The maximum atomic E-state index is 10.1. The van der Waals surface area contributed by atoms with Crippen LogP contribution in [0.25, 0.3) is 6.08 Å². The van der Waals surface area contributed by atoms with Gasteiger partial charge in [0.1, 0.15) is 5.75 Å². The molecule has 0 spiro atoms. The highest BCUT2D eigenvalue weighted by atomic mass is 16.4. The number of hydrogen-bond donors (Lipinski definition) is 4. The van der Waals surface area contributed by atoms with E-state index < -0.39 is 5.97 Å². The number of phenols is 3. The number of aliphatic carboxylic acids is 1. The van der Waals surface area contributed by atoms with Gasteiger partial charge in [0, 0.05) is 11.6 Å². The van der Waals surface area contributed by atoms with Crippen molar-refractivity contribution in [3.63, 3.8) is 0 Å². The summed E-state index contributed by atoms with van der Waals surface area (Å²) in [5.41, 5.74) is 0.500. The van der Waals surface area contributed by atoms with Crippen LogP contribution < -0.4 is 0 Å². The fraction of sp³-hybridized carbons (Fsp3) is 0. The molecule has 2 aromatic carbocycles. The molecule has 0 aliphatic rings. The van der Waals surface area contributed by atoms with Gasteiger partial charge >= 0.3 is 5.97 Å². The number of phenolic OH excluding ortho intramolecular Hbond substituents is 3. The van der Waals surface area contributed by atoms with Gasteiger partial charge in [-0.1, -0.05) is 30.3 Å². The van der Waals surface area contributed by atoms with Crippen LogP contribution in [-0.2, 0) is 4.79 Å². The maximum absolute atomic E-state index is 10.1. The van der Waals surface area contributed by atoms with E-state index in [2.05, 4.69) is 0 Å². The van der Waals surface area contributed by atoms with E-state index in [1.54, 1.807) is 30.3 Å². The first kappa shape index (κ1) is 15.1. The van der Waals surface area contributed by atoms with Crippen molar-refractivity contribution in [1.29, 1.82) is 0 Å². The summed E-state index contributed by atoms with van der Waals surface area (Å²) < 4.78 is 0. The van der Waals surface area contributed by atoms with Crippen LogP contribution in [0.1, 0.15) is 5.56 Å². The van der Waals surface area contributed by atoms with Gasteiger partial charge < -0.3 is 20.4 Å².